The minimum Gasteiger partial charge on any atom is -0.461 e. The van der Waals surface area contributed by atoms with E-state index in [9.17, 15) is 18.0 Å². The predicted molar refractivity (Wildman–Crippen MR) is 111 cm³/mol. The largest absolute Gasteiger partial charge is 0.461 e. The number of hydrogen-bond acceptors (Lipinski definition) is 6. The molecule has 0 atom stereocenters. The summed E-state index contributed by atoms with van der Waals surface area (Å²) in [5, 5.41) is 0. The smallest absolute Gasteiger partial charge is 0.411 e. The average Bonchev–Trinajstić information content (AvgIpc) is 3.36. The molecule has 3 heterocycles. The number of fused-ring (bicyclic) bond motifs is 1. The fraction of sp³-hybridized carbons (Fsp3) is 0.476. The fourth-order valence-electron chi connectivity index (χ4n) is 3.66. The summed E-state index contributed by atoms with van der Waals surface area (Å²) in [5.41, 5.74) is 2.65. The van der Waals surface area contributed by atoms with Crippen LogP contribution in [0.5, 0.6) is 6.01 Å². The van der Waals surface area contributed by atoms with Crippen molar-refractivity contribution in [1.82, 2.24) is 24.4 Å². The Balaban J connectivity index is 1.40. The molecule has 0 unspecified atom stereocenters. The van der Waals surface area contributed by atoms with E-state index in [1.807, 2.05) is 12.1 Å². The SMILES string of the molecule is O=c1[nH]c2cnc(OCCOCC(F)(F)F)nc2n1Cc1ccc(CN2CCCC2)cc1. The molecule has 1 N–H and O–H groups in total. The molecule has 0 spiro atoms. The topological polar surface area (TPSA) is 85.3 Å². The van der Waals surface area contributed by atoms with Gasteiger partial charge in [-0.3, -0.25) is 9.47 Å². The molecule has 4 rings (SSSR count). The van der Waals surface area contributed by atoms with Crippen LogP contribution in [0.4, 0.5) is 13.2 Å². The second kappa shape index (κ2) is 9.70. The lowest BCUT2D eigenvalue weighted by Crippen LogP contribution is -2.20. The Morgan fingerprint density at radius 1 is 1.03 bits per heavy atom. The van der Waals surface area contributed by atoms with Gasteiger partial charge in [-0.25, -0.2) is 9.78 Å². The third-order valence-corrected chi connectivity index (χ3v) is 5.18. The standard InChI is InChI=1S/C21H24F3N5O3/c22-21(23,24)14-31-9-10-32-19-25-11-17-18(27-19)29(20(30)26-17)13-16-5-3-15(4-6-16)12-28-7-1-2-8-28/h3-6,11H,1-2,7-10,12-14H2,(H,26,30). The molecule has 0 amide bonds. The van der Waals surface area contributed by atoms with Crippen molar-refractivity contribution in [3.05, 3.63) is 52.1 Å². The van der Waals surface area contributed by atoms with Crippen molar-refractivity contribution in [3.8, 4) is 6.01 Å². The molecule has 1 aliphatic rings. The zero-order valence-corrected chi connectivity index (χ0v) is 17.4. The predicted octanol–water partition coefficient (Wildman–Crippen LogP) is 2.72. The van der Waals surface area contributed by atoms with Crippen molar-refractivity contribution < 1.29 is 22.6 Å². The first-order chi connectivity index (χ1) is 15.4. The Kier molecular flexibility index (Phi) is 6.75. The summed E-state index contributed by atoms with van der Waals surface area (Å²) in [6.45, 7) is 1.75. The lowest BCUT2D eigenvalue weighted by molar-refractivity contribution is -0.175. The molecule has 32 heavy (non-hydrogen) atoms. The summed E-state index contributed by atoms with van der Waals surface area (Å²) in [5.74, 6) is 0. The zero-order chi connectivity index (χ0) is 22.6. The van der Waals surface area contributed by atoms with Crippen LogP contribution in [-0.2, 0) is 17.8 Å². The second-order valence-electron chi connectivity index (χ2n) is 7.72. The molecule has 1 aromatic carbocycles. The highest BCUT2D eigenvalue weighted by atomic mass is 19.4. The van der Waals surface area contributed by atoms with Crippen LogP contribution in [0.3, 0.4) is 0 Å². The lowest BCUT2D eigenvalue weighted by atomic mass is 10.1. The monoisotopic (exact) mass is 451 g/mol. The second-order valence-corrected chi connectivity index (χ2v) is 7.72. The van der Waals surface area contributed by atoms with Crippen LogP contribution >= 0.6 is 0 Å². The molecular weight excluding hydrogens is 427 g/mol. The molecule has 172 valence electrons. The van der Waals surface area contributed by atoms with Gasteiger partial charge in [-0.15, -0.1) is 0 Å². The number of nitrogens with one attached hydrogen (secondary N) is 1. The summed E-state index contributed by atoms with van der Waals surface area (Å²) in [7, 11) is 0. The van der Waals surface area contributed by atoms with Crippen molar-refractivity contribution in [2.75, 3.05) is 32.9 Å². The maximum Gasteiger partial charge on any atom is 0.411 e. The number of halogens is 3. The summed E-state index contributed by atoms with van der Waals surface area (Å²) < 4.78 is 47.5. The fourth-order valence-corrected chi connectivity index (χ4v) is 3.66. The number of alkyl halides is 3. The van der Waals surface area contributed by atoms with Gasteiger partial charge < -0.3 is 14.5 Å². The first-order valence-corrected chi connectivity index (χ1v) is 10.4. The minimum atomic E-state index is -4.39. The third-order valence-electron chi connectivity index (χ3n) is 5.18. The molecule has 0 aliphatic carbocycles. The summed E-state index contributed by atoms with van der Waals surface area (Å²) in [4.78, 5) is 25.7. The van der Waals surface area contributed by atoms with Crippen molar-refractivity contribution >= 4 is 11.2 Å². The number of hydrogen-bond donors (Lipinski definition) is 1. The van der Waals surface area contributed by atoms with Gasteiger partial charge in [-0.2, -0.15) is 18.2 Å². The zero-order valence-electron chi connectivity index (χ0n) is 17.4. The summed E-state index contributed by atoms with van der Waals surface area (Å²) in [6, 6.07) is 8.08. The van der Waals surface area contributed by atoms with Crippen molar-refractivity contribution in [2.24, 2.45) is 0 Å². The van der Waals surface area contributed by atoms with Crippen LogP contribution < -0.4 is 10.4 Å². The number of likely N-dealkylation sites (tertiary alicyclic amines) is 1. The van der Waals surface area contributed by atoms with Crippen molar-refractivity contribution in [3.63, 3.8) is 0 Å². The van der Waals surface area contributed by atoms with Crippen LogP contribution in [0, 0.1) is 0 Å². The van der Waals surface area contributed by atoms with Gasteiger partial charge in [-0.05, 0) is 37.1 Å². The van der Waals surface area contributed by atoms with E-state index in [2.05, 4.69) is 36.7 Å². The van der Waals surface area contributed by atoms with E-state index < -0.39 is 12.8 Å². The molecule has 0 bridgehead atoms. The summed E-state index contributed by atoms with van der Waals surface area (Å²) >= 11 is 0. The van der Waals surface area contributed by atoms with Gasteiger partial charge in [0.05, 0.1) is 19.3 Å². The van der Waals surface area contributed by atoms with Gasteiger partial charge in [0, 0.05) is 6.54 Å². The highest BCUT2D eigenvalue weighted by Gasteiger charge is 2.27. The maximum atomic E-state index is 12.4. The van der Waals surface area contributed by atoms with Crippen molar-refractivity contribution in [1.29, 1.82) is 0 Å². The first-order valence-electron chi connectivity index (χ1n) is 10.4. The van der Waals surface area contributed by atoms with Crippen LogP contribution in [0.15, 0.2) is 35.3 Å². The molecule has 2 aromatic heterocycles. The highest BCUT2D eigenvalue weighted by Crippen LogP contribution is 2.16. The van der Waals surface area contributed by atoms with Gasteiger partial charge in [-0.1, -0.05) is 24.3 Å². The average molecular weight is 451 g/mol. The van der Waals surface area contributed by atoms with Gasteiger partial charge in [0.2, 0.25) is 0 Å². The van der Waals surface area contributed by atoms with Gasteiger partial charge in [0.1, 0.15) is 18.7 Å². The molecular formula is C21H24F3N5O3. The Hall–Kier alpha value is -2.92. The Bertz CT molecular complexity index is 1090. The number of aromatic amines is 1. The molecule has 1 fully saturated rings. The third kappa shape index (κ3) is 5.86. The number of ether oxygens (including phenoxy) is 2. The van der Waals surface area contributed by atoms with Crippen molar-refractivity contribution in [2.45, 2.75) is 32.1 Å². The number of benzene rings is 1. The van der Waals surface area contributed by atoms with Crippen LogP contribution in [0.25, 0.3) is 11.2 Å². The number of rotatable bonds is 9. The summed E-state index contributed by atoms with van der Waals surface area (Å²) in [6.07, 6.45) is -0.486. The van der Waals surface area contributed by atoms with Crippen LogP contribution in [-0.4, -0.2) is 63.5 Å². The van der Waals surface area contributed by atoms with Gasteiger partial charge in [0.15, 0.2) is 5.65 Å². The minimum absolute atomic E-state index is 0.0400. The number of nitrogens with zero attached hydrogens (tertiary/aromatic N) is 4. The number of aromatic nitrogens is 4. The molecule has 11 heteroatoms. The first kappa shape index (κ1) is 22.3. The maximum absolute atomic E-state index is 12.4. The highest BCUT2D eigenvalue weighted by molar-refractivity contribution is 5.69. The molecule has 8 nitrogen and oxygen atoms in total. The van der Waals surface area contributed by atoms with Crippen LogP contribution in [0.2, 0.25) is 0 Å². The molecule has 1 saturated heterocycles. The van der Waals surface area contributed by atoms with E-state index in [1.54, 1.807) is 0 Å². The Morgan fingerprint density at radius 3 is 2.41 bits per heavy atom. The van der Waals surface area contributed by atoms with E-state index in [1.165, 1.54) is 29.2 Å². The molecule has 1 aliphatic heterocycles. The van der Waals surface area contributed by atoms with E-state index >= 15 is 0 Å². The molecule has 0 saturated carbocycles. The van der Waals surface area contributed by atoms with E-state index in [0.29, 0.717) is 17.7 Å². The van der Waals surface area contributed by atoms with Crippen LogP contribution in [0.1, 0.15) is 24.0 Å². The Morgan fingerprint density at radius 2 is 1.72 bits per heavy atom. The van der Waals surface area contributed by atoms with E-state index in [0.717, 1.165) is 25.2 Å². The van der Waals surface area contributed by atoms with E-state index in [4.69, 9.17) is 4.74 Å². The van der Waals surface area contributed by atoms with Gasteiger partial charge >= 0.3 is 17.9 Å². The van der Waals surface area contributed by atoms with Gasteiger partial charge in [0.25, 0.3) is 0 Å². The number of imidazole rings is 1. The Labute approximate surface area is 182 Å². The quantitative estimate of drug-likeness (QED) is 0.504. The molecule has 3 aromatic rings. The lowest BCUT2D eigenvalue weighted by Gasteiger charge is -2.14. The van der Waals surface area contributed by atoms with E-state index in [-0.39, 0.29) is 24.9 Å². The molecule has 0 radical (unpaired) electrons. The normalized spacial score (nSPS) is 15.0. The number of H-pyrrole nitrogens is 1.